The van der Waals surface area contributed by atoms with Crippen molar-refractivity contribution in [3.63, 3.8) is 0 Å². The number of carbonyl (C=O) groups is 2. The zero-order chi connectivity index (χ0) is 17.8. The van der Waals surface area contributed by atoms with E-state index in [-0.39, 0.29) is 11.3 Å². The number of anilines is 1. The monoisotopic (exact) mass is 355 g/mol. The molecule has 0 saturated heterocycles. The number of aromatic hydroxyl groups is 1. The van der Waals surface area contributed by atoms with E-state index in [1.165, 1.54) is 6.07 Å². The maximum atomic E-state index is 12.2. The molecule has 0 saturated carbocycles. The number of phenolic OH excluding ortho intramolecular Hbond substituents is 1. The number of urea groups is 1. The fourth-order valence-corrected chi connectivity index (χ4v) is 2.51. The van der Waals surface area contributed by atoms with Crippen molar-refractivity contribution < 1.29 is 14.7 Å². The van der Waals surface area contributed by atoms with Crippen LogP contribution in [0.25, 0.3) is 10.8 Å². The molecule has 0 aliphatic heterocycles. The highest BCUT2D eigenvalue weighted by Gasteiger charge is 2.13. The van der Waals surface area contributed by atoms with Gasteiger partial charge in [0, 0.05) is 10.7 Å². The van der Waals surface area contributed by atoms with Gasteiger partial charge in [-0.3, -0.25) is 10.2 Å². The van der Waals surface area contributed by atoms with Crippen molar-refractivity contribution in [1.29, 1.82) is 0 Å². The Hall–Kier alpha value is -3.25. The minimum absolute atomic E-state index is 0.0572. The summed E-state index contributed by atoms with van der Waals surface area (Å²) in [6.45, 7) is 0. The molecule has 3 amide bonds. The van der Waals surface area contributed by atoms with Gasteiger partial charge in [-0.2, -0.15) is 0 Å². The molecule has 3 rings (SSSR count). The lowest BCUT2D eigenvalue weighted by Gasteiger charge is -2.11. The first-order chi connectivity index (χ1) is 12.0. The van der Waals surface area contributed by atoms with Crippen LogP contribution in [0.1, 0.15) is 10.4 Å². The zero-order valence-electron chi connectivity index (χ0n) is 12.9. The van der Waals surface area contributed by atoms with Crippen LogP contribution in [0.4, 0.5) is 10.5 Å². The molecule has 126 valence electrons. The second kappa shape index (κ2) is 7.11. The Kier molecular flexibility index (Phi) is 4.72. The summed E-state index contributed by atoms with van der Waals surface area (Å²) in [6, 6.07) is 16.3. The summed E-state index contributed by atoms with van der Waals surface area (Å²) >= 11 is 5.83. The second-order valence-corrected chi connectivity index (χ2v) is 5.70. The first-order valence-electron chi connectivity index (χ1n) is 7.37. The fraction of sp³-hybridized carbons (Fsp3) is 0. The van der Waals surface area contributed by atoms with Crippen LogP contribution < -0.4 is 16.2 Å². The summed E-state index contributed by atoms with van der Waals surface area (Å²) < 4.78 is 0. The molecule has 6 nitrogen and oxygen atoms in total. The lowest BCUT2D eigenvalue weighted by Crippen LogP contribution is -2.43. The van der Waals surface area contributed by atoms with Crippen molar-refractivity contribution in [1.82, 2.24) is 10.9 Å². The van der Waals surface area contributed by atoms with Gasteiger partial charge >= 0.3 is 6.03 Å². The second-order valence-electron chi connectivity index (χ2n) is 5.26. The minimum atomic E-state index is -0.643. The molecule has 0 bridgehead atoms. The van der Waals surface area contributed by atoms with E-state index in [0.29, 0.717) is 10.7 Å². The smallest absolute Gasteiger partial charge is 0.337 e. The van der Waals surface area contributed by atoms with Gasteiger partial charge in [0.05, 0.1) is 5.56 Å². The number of fused-ring (bicyclic) bond motifs is 1. The molecule has 0 aromatic heterocycles. The molecule has 0 fully saturated rings. The number of carbonyl (C=O) groups excluding carboxylic acids is 2. The van der Waals surface area contributed by atoms with E-state index < -0.39 is 11.9 Å². The Morgan fingerprint density at radius 3 is 2.32 bits per heavy atom. The Bertz CT molecular complexity index is 959. The summed E-state index contributed by atoms with van der Waals surface area (Å²) in [5.41, 5.74) is 5.00. The Balaban J connectivity index is 1.66. The summed E-state index contributed by atoms with van der Waals surface area (Å²) in [4.78, 5) is 24.0. The lowest BCUT2D eigenvalue weighted by molar-refractivity contribution is 0.0935. The van der Waals surface area contributed by atoms with Gasteiger partial charge in [0.1, 0.15) is 5.75 Å². The molecule has 0 aliphatic carbocycles. The molecule has 0 radical (unpaired) electrons. The van der Waals surface area contributed by atoms with Crippen LogP contribution in [0, 0.1) is 0 Å². The molecule has 3 aromatic carbocycles. The average Bonchev–Trinajstić information content (AvgIpc) is 2.59. The minimum Gasteiger partial charge on any atom is -0.507 e. The molecule has 3 aromatic rings. The van der Waals surface area contributed by atoms with Crippen LogP contribution >= 0.6 is 11.6 Å². The van der Waals surface area contributed by atoms with Gasteiger partial charge in [-0.05, 0) is 41.1 Å². The molecular weight excluding hydrogens is 342 g/mol. The highest BCUT2D eigenvalue weighted by Crippen LogP contribution is 2.24. The lowest BCUT2D eigenvalue weighted by atomic mass is 10.1. The van der Waals surface area contributed by atoms with Gasteiger partial charge < -0.3 is 10.4 Å². The molecule has 0 spiro atoms. The van der Waals surface area contributed by atoms with Crippen LogP contribution in [-0.4, -0.2) is 17.0 Å². The number of benzene rings is 3. The van der Waals surface area contributed by atoms with E-state index in [2.05, 4.69) is 16.2 Å². The number of amides is 3. The Labute approximate surface area is 148 Å². The summed E-state index contributed by atoms with van der Waals surface area (Å²) in [5.74, 6) is -0.808. The number of nitrogens with one attached hydrogen (secondary N) is 3. The van der Waals surface area contributed by atoms with E-state index in [1.807, 2.05) is 24.3 Å². The van der Waals surface area contributed by atoms with Crippen molar-refractivity contribution in [2.45, 2.75) is 0 Å². The zero-order valence-corrected chi connectivity index (χ0v) is 13.7. The van der Waals surface area contributed by atoms with Gasteiger partial charge in [-0.25, -0.2) is 10.2 Å². The largest absolute Gasteiger partial charge is 0.507 e. The van der Waals surface area contributed by atoms with Crippen molar-refractivity contribution in [2.24, 2.45) is 0 Å². The van der Waals surface area contributed by atoms with Crippen LogP contribution in [0.3, 0.4) is 0 Å². The van der Waals surface area contributed by atoms with Crippen molar-refractivity contribution in [2.75, 3.05) is 5.32 Å². The summed E-state index contributed by atoms with van der Waals surface area (Å²) in [5, 5.41) is 14.6. The average molecular weight is 356 g/mol. The topological polar surface area (TPSA) is 90.5 Å². The van der Waals surface area contributed by atoms with Crippen molar-refractivity contribution in [3.05, 3.63) is 71.2 Å². The Morgan fingerprint density at radius 1 is 0.880 bits per heavy atom. The third-order valence-corrected chi connectivity index (χ3v) is 3.72. The number of hydrazine groups is 1. The van der Waals surface area contributed by atoms with Crippen molar-refractivity contribution in [3.8, 4) is 5.75 Å². The summed E-state index contributed by atoms with van der Waals surface area (Å²) in [6.07, 6.45) is 0. The van der Waals surface area contributed by atoms with E-state index >= 15 is 0 Å². The van der Waals surface area contributed by atoms with Crippen LogP contribution in [0.2, 0.25) is 5.02 Å². The van der Waals surface area contributed by atoms with E-state index in [0.717, 1.165) is 10.8 Å². The van der Waals surface area contributed by atoms with Gasteiger partial charge in [0.15, 0.2) is 0 Å². The maximum absolute atomic E-state index is 12.2. The first-order valence-corrected chi connectivity index (χ1v) is 7.75. The third kappa shape index (κ3) is 3.99. The van der Waals surface area contributed by atoms with Gasteiger partial charge in [-0.1, -0.05) is 41.9 Å². The molecular formula is C18H14ClN3O3. The number of rotatable bonds is 2. The molecule has 7 heteroatoms. The molecule has 0 aliphatic rings. The molecule has 4 N–H and O–H groups in total. The molecule has 0 heterocycles. The Morgan fingerprint density at radius 2 is 1.60 bits per heavy atom. The highest BCUT2D eigenvalue weighted by atomic mass is 35.5. The van der Waals surface area contributed by atoms with E-state index in [9.17, 15) is 14.7 Å². The SMILES string of the molecule is O=C(NNC(=O)c1cc2ccccc2cc1O)Nc1cccc(Cl)c1. The third-order valence-electron chi connectivity index (χ3n) is 3.48. The van der Waals surface area contributed by atoms with Crippen LogP contribution in [0.15, 0.2) is 60.7 Å². The van der Waals surface area contributed by atoms with E-state index in [4.69, 9.17) is 11.6 Å². The van der Waals surface area contributed by atoms with Gasteiger partial charge in [0.2, 0.25) is 0 Å². The van der Waals surface area contributed by atoms with Crippen molar-refractivity contribution >= 4 is 40.0 Å². The number of hydrogen-bond donors (Lipinski definition) is 4. The summed E-state index contributed by atoms with van der Waals surface area (Å²) in [7, 11) is 0. The first kappa shape index (κ1) is 16.6. The maximum Gasteiger partial charge on any atom is 0.337 e. The number of hydrogen-bond acceptors (Lipinski definition) is 3. The molecule has 25 heavy (non-hydrogen) atoms. The predicted molar refractivity (Wildman–Crippen MR) is 96.7 cm³/mol. The fourth-order valence-electron chi connectivity index (χ4n) is 2.32. The van der Waals surface area contributed by atoms with E-state index in [1.54, 1.807) is 30.3 Å². The molecule has 0 atom stereocenters. The highest BCUT2D eigenvalue weighted by molar-refractivity contribution is 6.30. The number of phenols is 1. The van der Waals surface area contributed by atoms with Crippen LogP contribution in [-0.2, 0) is 0 Å². The molecule has 0 unspecified atom stereocenters. The van der Waals surface area contributed by atoms with Gasteiger partial charge in [0.25, 0.3) is 5.91 Å². The van der Waals surface area contributed by atoms with Gasteiger partial charge in [-0.15, -0.1) is 0 Å². The quantitative estimate of drug-likeness (QED) is 0.529. The normalized spacial score (nSPS) is 10.3. The van der Waals surface area contributed by atoms with Crippen LogP contribution in [0.5, 0.6) is 5.75 Å². The number of halogens is 1. The standard InChI is InChI=1S/C18H14ClN3O3/c19-13-6-3-7-14(10-13)20-18(25)22-21-17(24)15-8-11-4-1-2-5-12(11)9-16(15)23/h1-10,23H,(H,21,24)(H2,20,22,25). The predicted octanol–water partition coefficient (Wildman–Crippen LogP) is 3.67.